The molecule has 0 unspecified atom stereocenters. The van der Waals surface area contributed by atoms with Crippen molar-refractivity contribution < 1.29 is 9.53 Å². The molecule has 1 fully saturated rings. The minimum absolute atomic E-state index is 0.101. The van der Waals surface area contributed by atoms with E-state index >= 15 is 0 Å². The van der Waals surface area contributed by atoms with Crippen molar-refractivity contribution in [3.05, 3.63) is 77.4 Å². The van der Waals surface area contributed by atoms with Crippen LogP contribution in [0.3, 0.4) is 0 Å². The third-order valence-corrected chi connectivity index (χ3v) is 5.04. The molecule has 2 aliphatic rings. The zero-order chi connectivity index (χ0) is 18.5. The number of fused-ring (bicyclic) bond motifs is 1. The molecule has 4 nitrogen and oxygen atoms in total. The van der Waals surface area contributed by atoms with Gasteiger partial charge in [0.05, 0.1) is 5.57 Å². The standard InChI is InChI=1S/C23H24N2O2/c26-23(21-17-20-10-4-5-11-22(20)27-18-21)25-15-13-24(14-16-25)12-6-9-19-7-2-1-3-8-19/h1-11,17H,12-16,18H2/b9-6+. The first-order valence-electron chi connectivity index (χ1n) is 9.45. The highest BCUT2D eigenvalue weighted by molar-refractivity contribution is 5.99. The van der Waals surface area contributed by atoms with E-state index in [2.05, 4.69) is 29.2 Å². The molecule has 0 spiro atoms. The van der Waals surface area contributed by atoms with E-state index < -0.39 is 0 Å². The number of hydrogen-bond donors (Lipinski definition) is 0. The Kier molecular flexibility index (Phi) is 5.35. The van der Waals surface area contributed by atoms with Crippen LogP contribution in [0.2, 0.25) is 0 Å². The third kappa shape index (κ3) is 4.29. The molecule has 2 heterocycles. The van der Waals surface area contributed by atoms with Gasteiger partial charge >= 0.3 is 0 Å². The molecule has 1 saturated heterocycles. The van der Waals surface area contributed by atoms with Crippen LogP contribution in [0.15, 0.2) is 66.2 Å². The lowest BCUT2D eigenvalue weighted by Gasteiger charge is -2.35. The number of benzene rings is 2. The topological polar surface area (TPSA) is 32.8 Å². The van der Waals surface area contributed by atoms with Crippen LogP contribution >= 0.6 is 0 Å². The van der Waals surface area contributed by atoms with E-state index in [0.717, 1.165) is 49.6 Å². The Morgan fingerprint density at radius 1 is 0.963 bits per heavy atom. The summed E-state index contributed by atoms with van der Waals surface area (Å²) in [6.07, 6.45) is 6.32. The van der Waals surface area contributed by atoms with Gasteiger partial charge in [0.15, 0.2) is 0 Å². The van der Waals surface area contributed by atoms with Gasteiger partial charge in [-0.25, -0.2) is 0 Å². The van der Waals surface area contributed by atoms with E-state index in [1.165, 1.54) is 5.56 Å². The molecule has 2 aromatic rings. The Balaban J connectivity index is 1.30. The van der Waals surface area contributed by atoms with Crippen molar-refractivity contribution in [3.8, 4) is 5.75 Å². The van der Waals surface area contributed by atoms with Gasteiger partial charge in [-0.3, -0.25) is 9.69 Å². The second kappa shape index (κ2) is 8.23. The number of piperazine rings is 1. The van der Waals surface area contributed by atoms with Gasteiger partial charge in [0.2, 0.25) is 0 Å². The van der Waals surface area contributed by atoms with E-state index in [0.29, 0.717) is 6.61 Å². The van der Waals surface area contributed by atoms with Crippen LogP contribution in [0.4, 0.5) is 0 Å². The summed E-state index contributed by atoms with van der Waals surface area (Å²) in [7, 11) is 0. The van der Waals surface area contributed by atoms with Crippen molar-refractivity contribution in [1.29, 1.82) is 0 Å². The minimum atomic E-state index is 0.101. The number of para-hydroxylation sites is 1. The molecule has 0 radical (unpaired) electrons. The maximum atomic E-state index is 12.8. The second-order valence-electron chi connectivity index (χ2n) is 6.90. The Labute approximate surface area is 160 Å². The van der Waals surface area contributed by atoms with Crippen molar-refractivity contribution in [3.63, 3.8) is 0 Å². The summed E-state index contributed by atoms with van der Waals surface area (Å²) >= 11 is 0. The summed E-state index contributed by atoms with van der Waals surface area (Å²) in [6, 6.07) is 18.2. The molecule has 0 saturated carbocycles. The number of rotatable bonds is 4. The number of amides is 1. The molecule has 0 bridgehead atoms. The van der Waals surface area contributed by atoms with Gasteiger partial charge in [0.1, 0.15) is 12.4 Å². The van der Waals surface area contributed by atoms with Crippen molar-refractivity contribution in [1.82, 2.24) is 9.80 Å². The Bertz CT molecular complexity index is 850. The van der Waals surface area contributed by atoms with Crippen molar-refractivity contribution >= 4 is 18.1 Å². The van der Waals surface area contributed by atoms with Gasteiger partial charge in [-0.05, 0) is 17.7 Å². The average Bonchev–Trinajstić information content (AvgIpc) is 2.74. The van der Waals surface area contributed by atoms with Crippen LogP contribution in [0.25, 0.3) is 12.2 Å². The molecule has 2 aromatic carbocycles. The van der Waals surface area contributed by atoms with Crippen LogP contribution in [-0.2, 0) is 4.79 Å². The zero-order valence-electron chi connectivity index (χ0n) is 15.4. The van der Waals surface area contributed by atoms with Crippen LogP contribution < -0.4 is 4.74 Å². The van der Waals surface area contributed by atoms with Crippen LogP contribution in [0, 0.1) is 0 Å². The largest absolute Gasteiger partial charge is 0.488 e. The molecule has 0 aromatic heterocycles. The average molecular weight is 360 g/mol. The molecular weight excluding hydrogens is 336 g/mol. The summed E-state index contributed by atoms with van der Waals surface area (Å²) in [5.41, 5.74) is 2.94. The fourth-order valence-electron chi connectivity index (χ4n) is 3.48. The molecular formula is C23H24N2O2. The first-order chi connectivity index (χ1) is 13.3. The monoisotopic (exact) mass is 360 g/mol. The molecule has 138 valence electrons. The van der Waals surface area contributed by atoms with Gasteiger partial charge in [-0.2, -0.15) is 0 Å². The van der Waals surface area contributed by atoms with Crippen molar-refractivity contribution in [2.75, 3.05) is 39.3 Å². The highest BCUT2D eigenvalue weighted by atomic mass is 16.5. The smallest absolute Gasteiger partial charge is 0.253 e. The van der Waals surface area contributed by atoms with E-state index in [4.69, 9.17) is 4.74 Å². The molecule has 2 aliphatic heterocycles. The number of carbonyl (C=O) groups is 1. The summed E-state index contributed by atoms with van der Waals surface area (Å²) in [4.78, 5) is 17.1. The third-order valence-electron chi connectivity index (χ3n) is 5.04. The minimum Gasteiger partial charge on any atom is -0.488 e. The molecule has 0 atom stereocenters. The maximum absolute atomic E-state index is 12.8. The summed E-state index contributed by atoms with van der Waals surface area (Å²) in [6.45, 7) is 4.59. The van der Waals surface area contributed by atoms with E-state index in [1.807, 2.05) is 53.4 Å². The second-order valence-corrected chi connectivity index (χ2v) is 6.90. The van der Waals surface area contributed by atoms with Gasteiger partial charge in [-0.1, -0.05) is 60.7 Å². The number of carbonyl (C=O) groups excluding carboxylic acids is 1. The number of ether oxygens (including phenoxy) is 1. The van der Waals surface area contributed by atoms with Crippen LogP contribution in [-0.4, -0.2) is 55.0 Å². The fourth-order valence-corrected chi connectivity index (χ4v) is 3.48. The van der Waals surface area contributed by atoms with Crippen LogP contribution in [0.5, 0.6) is 5.75 Å². The predicted octanol–water partition coefficient (Wildman–Crippen LogP) is 3.32. The molecule has 27 heavy (non-hydrogen) atoms. The zero-order valence-corrected chi connectivity index (χ0v) is 15.4. The fraction of sp³-hybridized carbons (Fsp3) is 0.261. The first kappa shape index (κ1) is 17.6. The normalized spacial score (nSPS) is 17.3. The number of nitrogens with zero attached hydrogens (tertiary/aromatic N) is 2. The summed E-state index contributed by atoms with van der Waals surface area (Å²) < 4.78 is 5.73. The molecule has 0 N–H and O–H groups in total. The van der Waals surface area contributed by atoms with Crippen molar-refractivity contribution in [2.24, 2.45) is 0 Å². The quantitative estimate of drug-likeness (QED) is 0.839. The Hall–Kier alpha value is -2.85. The Morgan fingerprint density at radius 3 is 2.52 bits per heavy atom. The lowest BCUT2D eigenvalue weighted by atomic mass is 10.1. The lowest BCUT2D eigenvalue weighted by Crippen LogP contribution is -2.49. The van der Waals surface area contributed by atoms with Gasteiger partial charge in [-0.15, -0.1) is 0 Å². The van der Waals surface area contributed by atoms with E-state index in [-0.39, 0.29) is 5.91 Å². The lowest BCUT2D eigenvalue weighted by molar-refractivity contribution is -0.129. The van der Waals surface area contributed by atoms with Gasteiger partial charge in [0.25, 0.3) is 5.91 Å². The highest BCUT2D eigenvalue weighted by Crippen LogP contribution is 2.26. The molecule has 4 heteroatoms. The summed E-state index contributed by atoms with van der Waals surface area (Å²) in [5.74, 6) is 0.952. The summed E-state index contributed by atoms with van der Waals surface area (Å²) in [5, 5.41) is 0. The molecule has 0 aliphatic carbocycles. The predicted molar refractivity (Wildman–Crippen MR) is 108 cm³/mol. The first-order valence-corrected chi connectivity index (χ1v) is 9.45. The van der Waals surface area contributed by atoms with Crippen LogP contribution in [0.1, 0.15) is 11.1 Å². The highest BCUT2D eigenvalue weighted by Gasteiger charge is 2.25. The molecule has 1 amide bonds. The van der Waals surface area contributed by atoms with E-state index in [1.54, 1.807) is 0 Å². The number of hydrogen-bond acceptors (Lipinski definition) is 3. The SMILES string of the molecule is O=C(C1=Cc2ccccc2OC1)N1CCN(C/C=C/c2ccccc2)CC1. The van der Waals surface area contributed by atoms with E-state index in [9.17, 15) is 4.79 Å². The maximum Gasteiger partial charge on any atom is 0.253 e. The van der Waals surface area contributed by atoms with Crippen molar-refractivity contribution in [2.45, 2.75) is 0 Å². The van der Waals surface area contributed by atoms with Gasteiger partial charge < -0.3 is 9.64 Å². The molecule has 4 rings (SSSR count). The Morgan fingerprint density at radius 2 is 1.70 bits per heavy atom. The van der Waals surface area contributed by atoms with Gasteiger partial charge in [0, 0.05) is 38.3 Å².